The van der Waals surface area contributed by atoms with Gasteiger partial charge in [0, 0.05) is 0 Å². The number of hydrogen-bond acceptors (Lipinski definition) is 0. The SMILES string of the molecule is CCP(=CC=C(C)C)(CC)c1cccc(Cl)c1Cl. The lowest BCUT2D eigenvalue weighted by molar-refractivity contribution is 1.40. The molecule has 0 spiro atoms. The van der Waals surface area contributed by atoms with Crippen LogP contribution in [0.3, 0.4) is 0 Å². The molecule has 0 atom stereocenters. The normalized spacial score (nSPS) is 11.2. The average Bonchev–Trinajstić information content (AvgIpc) is 2.35. The molecule has 0 fully saturated rings. The van der Waals surface area contributed by atoms with E-state index < -0.39 is 6.89 Å². The van der Waals surface area contributed by atoms with Gasteiger partial charge < -0.3 is 0 Å². The van der Waals surface area contributed by atoms with Crippen LogP contribution >= 0.6 is 30.1 Å². The first-order chi connectivity index (χ1) is 8.46. The molecule has 0 bridgehead atoms. The molecule has 0 unspecified atom stereocenters. The van der Waals surface area contributed by atoms with Crippen LogP contribution in [0.2, 0.25) is 10.0 Å². The van der Waals surface area contributed by atoms with E-state index in [0.717, 1.165) is 17.3 Å². The van der Waals surface area contributed by atoms with Crippen molar-refractivity contribution in [2.24, 2.45) is 0 Å². The molecule has 0 saturated heterocycles. The molecule has 0 radical (unpaired) electrons. The summed E-state index contributed by atoms with van der Waals surface area (Å²) in [6.07, 6.45) is 4.46. The van der Waals surface area contributed by atoms with E-state index in [1.165, 1.54) is 10.9 Å². The second-order valence-corrected chi connectivity index (χ2v) is 9.53. The molecule has 0 nitrogen and oxygen atoms in total. The summed E-state index contributed by atoms with van der Waals surface area (Å²) in [6, 6.07) is 5.98. The molecule has 100 valence electrons. The molecule has 0 N–H and O–H groups in total. The first-order valence-corrected chi connectivity index (χ1v) is 9.26. The summed E-state index contributed by atoms with van der Waals surface area (Å²) in [4.78, 5) is 0. The third-order valence-corrected chi connectivity index (χ3v) is 8.49. The van der Waals surface area contributed by atoms with Crippen LogP contribution in [-0.4, -0.2) is 18.1 Å². The fourth-order valence-electron chi connectivity index (χ4n) is 1.98. The zero-order valence-electron chi connectivity index (χ0n) is 11.5. The van der Waals surface area contributed by atoms with Gasteiger partial charge in [-0.05, 0) is 37.5 Å². The van der Waals surface area contributed by atoms with Gasteiger partial charge in [-0.25, -0.2) is 0 Å². The van der Waals surface area contributed by atoms with E-state index in [2.05, 4.69) is 45.6 Å². The zero-order valence-corrected chi connectivity index (χ0v) is 13.9. The number of hydrogen-bond donors (Lipinski definition) is 0. The standard InChI is InChI=1S/C15H21Cl2P/c1-5-18(6-2,11-10-12(3)4)14-9-7-8-13(16)15(14)17/h7-11H,5-6H2,1-4H3. The minimum absolute atomic E-state index is 0.658. The Hall–Kier alpha value is -0.160. The average molecular weight is 303 g/mol. The Labute approximate surface area is 121 Å². The maximum Gasteiger partial charge on any atom is 0.0668 e. The van der Waals surface area contributed by atoms with Crippen LogP contribution in [0.15, 0.2) is 29.8 Å². The van der Waals surface area contributed by atoms with E-state index in [0.29, 0.717) is 5.02 Å². The largest absolute Gasteiger partial charge is 0.0827 e. The Balaban J connectivity index is 3.50. The summed E-state index contributed by atoms with van der Waals surface area (Å²) in [5.41, 5.74) is 1.32. The molecule has 1 rings (SSSR count). The summed E-state index contributed by atoms with van der Waals surface area (Å²) in [5, 5.41) is 2.62. The summed E-state index contributed by atoms with van der Waals surface area (Å²) < 4.78 is 0. The van der Waals surface area contributed by atoms with Gasteiger partial charge in [-0.15, -0.1) is 0 Å². The lowest BCUT2D eigenvalue weighted by Gasteiger charge is -2.25. The van der Waals surface area contributed by atoms with E-state index in [1.54, 1.807) is 0 Å². The van der Waals surface area contributed by atoms with Crippen molar-refractivity contribution in [2.45, 2.75) is 27.7 Å². The van der Waals surface area contributed by atoms with Crippen molar-refractivity contribution in [1.82, 2.24) is 0 Å². The first kappa shape index (κ1) is 15.9. The van der Waals surface area contributed by atoms with Crippen LogP contribution in [0.5, 0.6) is 0 Å². The van der Waals surface area contributed by atoms with Gasteiger partial charge >= 0.3 is 0 Å². The van der Waals surface area contributed by atoms with Gasteiger partial charge in [0.1, 0.15) is 0 Å². The number of halogens is 2. The predicted octanol–water partition coefficient (Wildman–Crippen LogP) is 5.44. The van der Waals surface area contributed by atoms with Gasteiger partial charge in [0.15, 0.2) is 0 Å². The third kappa shape index (κ3) is 3.44. The van der Waals surface area contributed by atoms with Crippen LogP contribution in [0.4, 0.5) is 0 Å². The Morgan fingerprint density at radius 2 is 1.78 bits per heavy atom. The van der Waals surface area contributed by atoms with E-state index in [-0.39, 0.29) is 0 Å². The molecule has 1 aromatic rings. The molecular weight excluding hydrogens is 282 g/mol. The second kappa shape index (κ2) is 6.85. The third-order valence-electron chi connectivity index (χ3n) is 3.23. The van der Waals surface area contributed by atoms with Crippen molar-refractivity contribution < 1.29 is 0 Å². The molecule has 0 aliphatic carbocycles. The Kier molecular flexibility index (Phi) is 6.05. The maximum absolute atomic E-state index is 6.41. The summed E-state index contributed by atoms with van der Waals surface area (Å²) in [6.45, 7) is 7.38. The van der Waals surface area contributed by atoms with Crippen LogP contribution in [0.1, 0.15) is 27.7 Å². The van der Waals surface area contributed by atoms with Crippen molar-refractivity contribution in [3.63, 3.8) is 0 Å². The van der Waals surface area contributed by atoms with Gasteiger partial charge in [-0.1, -0.05) is 73.5 Å². The Morgan fingerprint density at radius 1 is 1.17 bits per heavy atom. The molecule has 3 heteroatoms. The highest BCUT2D eigenvalue weighted by Crippen LogP contribution is 2.47. The summed E-state index contributed by atoms with van der Waals surface area (Å²) >= 11 is 12.6. The maximum atomic E-state index is 6.41. The van der Waals surface area contributed by atoms with E-state index in [9.17, 15) is 0 Å². The highest BCUT2D eigenvalue weighted by Gasteiger charge is 2.19. The van der Waals surface area contributed by atoms with Crippen LogP contribution in [-0.2, 0) is 0 Å². The summed E-state index contributed by atoms with van der Waals surface area (Å²) in [5.74, 6) is 2.37. The second-order valence-electron chi connectivity index (χ2n) is 4.63. The van der Waals surface area contributed by atoms with Gasteiger partial charge in [0.25, 0.3) is 0 Å². The molecule has 0 aliphatic rings. The summed E-state index contributed by atoms with van der Waals surface area (Å²) in [7, 11) is 0. The van der Waals surface area contributed by atoms with Crippen molar-refractivity contribution in [3.05, 3.63) is 39.9 Å². The van der Waals surface area contributed by atoms with E-state index >= 15 is 0 Å². The van der Waals surface area contributed by atoms with Gasteiger partial charge in [-0.2, -0.15) is 0 Å². The fourth-order valence-corrected chi connectivity index (χ4v) is 6.04. The number of allylic oxidation sites excluding steroid dienone is 2. The zero-order chi connectivity index (χ0) is 13.8. The smallest absolute Gasteiger partial charge is 0.0668 e. The number of rotatable bonds is 4. The van der Waals surface area contributed by atoms with E-state index in [1.807, 2.05) is 12.1 Å². The van der Waals surface area contributed by atoms with Gasteiger partial charge in [0.05, 0.1) is 10.0 Å². The molecule has 0 aliphatic heterocycles. The predicted molar refractivity (Wildman–Crippen MR) is 89.6 cm³/mol. The lowest BCUT2D eigenvalue weighted by atomic mass is 10.3. The molecule has 0 heterocycles. The highest BCUT2D eigenvalue weighted by molar-refractivity contribution is 7.82. The minimum atomic E-state index is -1.35. The van der Waals surface area contributed by atoms with Crippen molar-refractivity contribution in [2.75, 3.05) is 12.3 Å². The van der Waals surface area contributed by atoms with Crippen LogP contribution < -0.4 is 5.30 Å². The van der Waals surface area contributed by atoms with Crippen LogP contribution in [0.25, 0.3) is 0 Å². The van der Waals surface area contributed by atoms with E-state index in [4.69, 9.17) is 23.2 Å². The topological polar surface area (TPSA) is 0 Å². The lowest BCUT2D eigenvalue weighted by Crippen LogP contribution is -2.12. The van der Waals surface area contributed by atoms with Gasteiger partial charge in [-0.3, -0.25) is 0 Å². The van der Waals surface area contributed by atoms with Crippen LogP contribution in [0, 0.1) is 0 Å². The van der Waals surface area contributed by atoms with Crippen molar-refractivity contribution >= 4 is 41.2 Å². The molecule has 0 amide bonds. The molecule has 18 heavy (non-hydrogen) atoms. The molecule has 0 saturated carbocycles. The quantitative estimate of drug-likeness (QED) is 0.649. The highest BCUT2D eigenvalue weighted by atomic mass is 35.5. The number of benzene rings is 1. The van der Waals surface area contributed by atoms with Crippen molar-refractivity contribution in [1.29, 1.82) is 0 Å². The molecular formula is C15H21Cl2P. The molecule has 0 aromatic heterocycles. The Bertz CT molecular complexity index is 489. The monoisotopic (exact) mass is 302 g/mol. The fraction of sp³-hybridized carbons (Fsp3) is 0.400. The van der Waals surface area contributed by atoms with Crippen molar-refractivity contribution in [3.8, 4) is 0 Å². The Morgan fingerprint density at radius 3 is 2.28 bits per heavy atom. The molecule has 1 aromatic carbocycles. The van der Waals surface area contributed by atoms with Gasteiger partial charge in [0.2, 0.25) is 0 Å². The first-order valence-electron chi connectivity index (χ1n) is 6.27. The minimum Gasteiger partial charge on any atom is -0.0827 e.